The van der Waals surface area contributed by atoms with E-state index in [4.69, 9.17) is 4.74 Å². The number of para-hydroxylation sites is 1. The Balaban J connectivity index is 2.57. The van der Waals surface area contributed by atoms with Crippen LogP contribution in [0.4, 0.5) is 10.5 Å². The minimum Gasteiger partial charge on any atom is -0.444 e. The number of rotatable bonds is 15. The van der Waals surface area contributed by atoms with Gasteiger partial charge in [0, 0.05) is 12.2 Å². The fraction of sp³-hybridized carbons (Fsp3) is 0.583. The number of benzene rings is 2. The number of carbonyl (C=O) groups is 3. The average molecular weight is 594 g/mol. The maximum absolute atomic E-state index is 14.6. The molecule has 0 spiro atoms. The van der Waals surface area contributed by atoms with Crippen molar-refractivity contribution in [2.75, 3.05) is 11.9 Å². The van der Waals surface area contributed by atoms with Crippen LogP contribution in [0.5, 0.6) is 0 Å². The van der Waals surface area contributed by atoms with E-state index in [1.807, 2.05) is 77.1 Å². The largest absolute Gasteiger partial charge is 0.444 e. The molecule has 7 nitrogen and oxygen atoms in total. The lowest BCUT2D eigenvalue weighted by molar-refractivity contribution is -0.142. The molecule has 2 aromatic carbocycles. The summed E-state index contributed by atoms with van der Waals surface area (Å²) in [4.78, 5) is 43.4. The van der Waals surface area contributed by atoms with E-state index in [-0.39, 0.29) is 17.7 Å². The van der Waals surface area contributed by atoms with Crippen LogP contribution in [0.2, 0.25) is 0 Å². The Morgan fingerprint density at radius 1 is 0.860 bits per heavy atom. The lowest BCUT2D eigenvalue weighted by Crippen LogP contribution is -2.55. The number of hydrogen-bond acceptors (Lipinski definition) is 4. The first-order valence-electron chi connectivity index (χ1n) is 16.0. The van der Waals surface area contributed by atoms with E-state index >= 15 is 0 Å². The summed E-state index contributed by atoms with van der Waals surface area (Å²) in [6, 6.07) is 11.8. The van der Waals surface area contributed by atoms with Gasteiger partial charge in [-0.1, -0.05) is 95.7 Å². The van der Waals surface area contributed by atoms with Crippen molar-refractivity contribution in [1.29, 1.82) is 0 Å². The number of amides is 3. The van der Waals surface area contributed by atoms with Gasteiger partial charge in [0.05, 0.1) is 0 Å². The topological polar surface area (TPSA) is 87.7 Å². The Labute approximate surface area is 260 Å². The number of ether oxygens (including phenoxy) is 1. The number of unbranched alkanes of at least 4 members (excludes halogenated alkanes) is 5. The number of nitrogens with zero attached hydrogens (tertiary/aromatic N) is 1. The molecular formula is C36H55N3O4. The van der Waals surface area contributed by atoms with E-state index in [1.165, 1.54) is 6.42 Å². The van der Waals surface area contributed by atoms with Crippen LogP contribution < -0.4 is 10.6 Å². The number of aryl methyl sites for hydroxylation is 3. The number of carbonyl (C=O) groups excluding carboxylic acids is 3. The van der Waals surface area contributed by atoms with E-state index in [0.717, 1.165) is 54.4 Å². The number of alkyl carbamates (subject to hydrolysis) is 1. The lowest BCUT2D eigenvalue weighted by atomic mass is 9.94. The van der Waals surface area contributed by atoms with Crippen molar-refractivity contribution in [1.82, 2.24) is 10.2 Å². The minimum absolute atomic E-state index is 0.174. The van der Waals surface area contributed by atoms with Crippen LogP contribution >= 0.6 is 0 Å². The van der Waals surface area contributed by atoms with Gasteiger partial charge < -0.3 is 20.3 Å². The Kier molecular flexibility index (Phi) is 14.2. The van der Waals surface area contributed by atoms with Crippen molar-refractivity contribution in [3.05, 3.63) is 64.7 Å². The molecule has 7 heteroatoms. The second-order valence-corrected chi connectivity index (χ2v) is 12.9. The molecule has 2 N–H and O–H groups in total. The van der Waals surface area contributed by atoms with Gasteiger partial charge in [-0.3, -0.25) is 9.59 Å². The Bertz CT molecular complexity index is 1200. The van der Waals surface area contributed by atoms with Crippen LogP contribution in [0.3, 0.4) is 0 Å². The molecule has 0 saturated carbocycles. The molecular weight excluding hydrogens is 538 g/mol. The van der Waals surface area contributed by atoms with Gasteiger partial charge in [-0.2, -0.15) is 0 Å². The van der Waals surface area contributed by atoms with E-state index in [1.54, 1.807) is 25.7 Å². The first-order chi connectivity index (χ1) is 20.3. The summed E-state index contributed by atoms with van der Waals surface area (Å²) in [5.74, 6) is -0.735. The zero-order valence-electron chi connectivity index (χ0n) is 28.0. The van der Waals surface area contributed by atoms with Crippen molar-refractivity contribution in [3.8, 4) is 0 Å². The van der Waals surface area contributed by atoms with Crippen molar-refractivity contribution in [3.63, 3.8) is 0 Å². The van der Waals surface area contributed by atoms with Crippen LogP contribution in [-0.2, 0) is 14.3 Å². The third-order valence-electron chi connectivity index (χ3n) is 8.00. The number of anilines is 1. The maximum Gasteiger partial charge on any atom is 0.408 e. The summed E-state index contributed by atoms with van der Waals surface area (Å²) in [7, 11) is 0. The van der Waals surface area contributed by atoms with E-state index in [9.17, 15) is 14.4 Å². The number of nitrogens with one attached hydrogen (secondary N) is 2. The molecule has 2 aromatic rings. The highest BCUT2D eigenvalue weighted by molar-refractivity contribution is 5.99. The van der Waals surface area contributed by atoms with Crippen LogP contribution in [0.15, 0.2) is 42.5 Å². The molecule has 3 unspecified atom stereocenters. The molecule has 2 rings (SSSR count). The van der Waals surface area contributed by atoms with Gasteiger partial charge in [0.15, 0.2) is 0 Å². The molecule has 3 amide bonds. The molecule has 0 bridgehead atoms. The summed E-state index contributed by atoms with van der Waals surface area (Å²) < 4.78 is 5.54. The lowest BCUT2D eigenvalue weighted by Gasteiger charge is -2.36. The third kappa shape index (κ3) is 11.3. The predicted molar refractivity (Wildman–Crippen MR) is 176 cm³/mol. The summed E-state index contributed by atoms with van der Waals surface area (Å²) in [5, 5.41) is 5.97. The van der Waals surface area contributed by atoms with Crippen LogP contribution in [0, 0.1) is 26.7 Å². The Hall–Kier alpha value is -3.35. The normalized spacial score (nSPS) is 13.5. The van der Waals surface area contributed by atoms with Crippen LogP contribution in [0.1, 0.15) is 115 Å². The molecule has 0 aromatic heterocycles. The smallest absolute Gasteiger partial charge is 0.408 e. The molecule has 0 aliphatic heterocycles. The number of hydrogen-bond donors (Lipinski definition) is 2. The fourth-order valence-electron chi connectivity index (χ4n) is 5.05. The third-order valence-corrected chi connectivity index (χ3v) is 8.00. The SMILES string of the molecule is CCCCCCCCN(C(=O)C(NC(=O)OC(C)(C)C)C(C)CC)C(C(=O)Nc1ccccc1C)c1ccc(C)c(C)c1. The fourth-order valence-corrected chi connectivity index (χ4v) is 5.05. The highest BCUT2D eigenvalue weighted by Crippen LogP contribution is 2.29. The molecule has 0 radical (unpaired) electrons. The molecule has 0 fully saturated rings. The Morgan fingerprint density at radius 2 is 1.51 bits per heavy atom. The van der Waals surface area contributed by atoms with Gasteiger partial charge in [-0.05, 0) is 82.2 Å². The van der Waals surface area contributed by atoms with Crippen molar-refractivity contribution in [2.24, 2.45) is 5.92 Å². The summed E-state index contributed by atoms with van der Waals surface area (Å²) >= 11 is 0. The standard InChI is InChI=1S/C36H55N3O4/c1-10-12-13-14-15-18-23-39(34(41)31(25(3)11-2)38-35(42)43-36(7,8)9)32(29-22-21-26(4)28(6)24-29)33(40)37-30-20-17-16-19-27(30)5/h16-17,19-22,24-25,31-32H,10-15,18,23H2,1-9H3,(H,37,40)(H,38,42). The van der Waals surface area contributed by atoms with Gasteiger partial charge in [0.1, 0.15) is 17.7 Å². The van der Waals surface area contributed by atoms with Gasteiger partial charge in [0.25, 0.3) is 5.91 Å². The van der Waals surface area contributed by atoms with E-state index in [2.05, 4.69) is 17.6 Å². The summed E-state index contributed by atoms with van der Waals surface area (Å²) in [6.07, 6.45) is 6.30. The quantitative estimate of drug-likeness (QED) is 0.203. The molecule has 0 aliphatic rings. The van der Waals surface area contributed by atoms with Gasteiger partial charge in [-0.15, -0.1) is 0 Å². The monoisotopic (exact) mass is 593 g/mol. The Morgan fingerprint density at radius 3 is 2.12 bits per heavy atom. The highest BCUT2D eigenvalue weighted by atomic mass is 16.6. The molecule has 0 aliphatic carbocycles. The maximum atomic E-state index is 14.6. The summed E-state index contributed by atoms with van der Waals surface area (Å²) in [6.45, 7) is 17.9. The van der Waals surface area contributed by atoms with Crippen LogP contribution in [0.25, 0.3) is 0 Å². The molecule has 3 atom stereocenters. The van der Waals surface area contributed by atoms with Crippen LogP contribution in [-0.4, -0.2) is 41.0 Å². The van der Waals surface area contributed by atoms with E-state index in [0.29, 0.717) is 18.7 Å². The van der Waals surface area contributed by atoms with Gasteiger partial charge >= 0.3 is 6.09 Å². The summed E-state index contributed by atoms with van der Waals surface area (Å²) in [5.41, 5.74) is 3.84. The molecule has 0 heterocycles. The highest BCUT2D eigenvalue weighted by Gasteiger charge is 2.38. The first-order valence-corrected chi connectivity index (χ1v) is 16.0. The van der Waals surface area contributed by atoms with E-state index < -0.39 is 23.8 Å². The second kappa shape index (κ2) is 17.1. The first kappa shape index (κ1) is 35.8. The van der Waals surface area contributed by atoms with Gasteiger partial charge in [-0.25, -0.2) is 4.79 Å². The molecule has 0 saturated heterocycles. The molecule has 238 valence electrons. The predicted octanol–water partition coefficient (Wildman–Crippen LogP) is 8.42. The zero-order valence-corrected chi connectivity index (χ0v) is 28.0. The van der Waals surface area contributed by atoms with Crippen molar-refractivity contribution < 1.29 is 19.1 Å². The minimum atomic E-state index is -0.881. The molecule has 43 heavy (non-hydrogen) atoms. The second-order valence-electron chi connectivity index (χ2n) is 12.9. The van der Waals surface area contributed by atoms with Crippen molar-refractivity contribution in [2.45, 2.75) is 125 Å². The van der Waals surface area contributed by atoms with Gasteiger partial charge in [0.2, 0.25) is 5.91 Å². The zero-order chi connectivity index (χ0) is 32.2. The average Bonchev–Trinajstić information content (AvgIpc) is 2.94. The van der Waals surface area contributed by atoms with Crippen molar-refractivity contribution >= 4 is 23.6 Å².